The SMILES string of the molecule is CC(C)OC(=O)c1ccc(NC(=O)[C@H](Cc2ccccc2)N2C(=O)[C@@H]3[C@H]4CC[C@@H](C4)[C@H]3C2=O)cc1. The lowest BCUT2D eigenvalue weighted by Gasteiger charge is -2.27. The van der Waals surface area contributed by atoms with Crippen LogP contribution in [0, 0.1) is 23.7 Å². The van der Waals surface area contributed by atoms with Gasteiger partial charge in [0.1, 0.15) is 6.04 Å². The number of hydrogen-bond acceptors (Lipinski definition) is 5. The first-order valence-corrected chi connectivity index (χ1v) is 12.4. The molecule has 2 saturated carbocycles. The van der Waals surface area contributed by atoms with Gasteiger partial charge in [0.25, 0.3) is 0 Å². The Balaban J connectivity index is 1.38. The molecule has 1 aliphatic heterocycles. The van der Waals surface area contributed by atoms with Crippen LogP contribution in [0.15, 0.2) is 54.6 Å². The van der Waals surface area contributed by atoms with Gasteiger partial charge in [0.15, 0.2) is 0 Å². The highest BCUT2D eigenvalue weighted by atomic mass is 16.5. The number of ether oxygens (including phenoxy) is 1. The Labute approximate surface area is 204 Å². The molecule has 182 valence electrons. The lowest BCUT2D eigenvalue weighted by atomic mass is 9.81. The summed E-state index contributed by atoms with van der Waals surface area (Å²) < 4.78 is 5.20. The van der Waals surface area contributed by atoms with E-state index in [0.29, 0.717) is 11.3 Å². The molecule has 1 N–H and O–H groups in total. The number of likely N-dealkylation sites (tertiary alicyclic amines) is 1. The van der Waals surface area contributed by atoms with Crippen LogP contribution in [0.5, 0.6) is 0 Å². The van der Waals surface area contributed by atoms with Gasteiger partial charge in [-0.15, -0.1) is 0 Å². The normalized spacial score (nSPS) is 25.6. The predicted molar refractivity (Wildman–Crippen MR) is 129 cm³/mol. The summed E-state index contributed by atoms with van der Waals surface area (Å²) in [5.74, 6) is -1.30. The molecule has 3 aliphatic rings. The van der Waals surface area contributed by atoms with Gasteiger partial charge in [-0.05, 0) is 74.8 Å². The number of rotatable bonds is 7. The first kappa shape index (κ1) is 23.3. The smallest absolute Gasteiger partial charge is 0.338 e. The molecule has 1 heterocycles. The summed E-state index contributed by atoms with van der Waals surface area (Å²) in [4.78, 5) is 53.8. The van der Waals surface area contributed by atoms with Crippen molar-refractivity contribution in [2.24, 2.45) is 23.7 Å². The Kier molecular flexibility index (Phi) is 6.17. The highest BCUT2D eigenvalue weighted by Crippen LogP contribution is 2.56. The average molecular weight is 475 g/mol. The van der Waals surface area contributed by atoms with Crippen LogP contribution in [-0.4, -0.2) is 40.7 Å². The molecule has 5 atom stereocenters. The van der Waals surface area contributed by atoms with Crippen molar-refractivity contribution < 1.29 is 23.9 Å². The van der Waals surface area contributed by atoms with Crippen molar-refractivity contribution in [2.45, 2.75) is 51.7 Å². The zero-order chi connectivity index (χ0) is 24.7. The summed E-state index contributed by atoms with van der Waals surface area (Å²) in [5.41, 5.74) is 1.74. The third-order valence-corrected chi connectivity index (χ3v) is 7.58. The highest BCUT2D eigenvalue weighted by Gasteiger charge is 2.62. The van der Waals surface area contributed by atoms with Crippen LogP contribution in [0.4, 0.5) is 5.69 Å². The van der Waals surface area contributed by atoms with Crippen LogP contribution >= 0.6 is 0 Å². The number of benzene rings is 2. The number of carbonyl (C=O) groups is 4. The molecule has 3 fully saturated rings. The fraction of sp³-hybridized carbons (Fsp3) is 0.429. The van der Waals surface area contributed by atoms with Crippen molar-refractivity contribution in [3.63, 3.8) is 0 Å². The van der Waals surface area contributed by atoms with Crippen LogP contribution in [0.1, 0.15) is 49.0 Å². The molecule has 2 aromatic rings. The number of nitrogens with one attached hydrogen (secondary N) is 1. The molecule has 7 heteroatoms. The Morgan fingerprint density at radius 2 is 1.54 bits per heavy atom. The molecule has 0 aromatic heterocycles. The molecule has 0 spiro atoms. The van der Waals surface area contributed by atoms with Gasteiger partial charge in [0.2, 0.25) is 17.7 Å². The Bertz CT molecular complexity index is 1120. The fourth-order valence-corrected chi connectivity index (χ4v) is 6.07. The lowest BCUT2D eigenvalue weighted by Crippen LogP contribution is -2.49. The third-order valence-electron chi connectivity index (χ3n) is 7.58. The number of amides is 3. The first-order valence-electron chi connectivity index (χ1n) is 12.4. The van der Waals surface area contributed by atoms with Crippen LogP contribution in [0.2, 0.25) is 0 Å². The third kappa shape index (κ3) is 4.35. The van der Waals surface area contributed by atoms with Gasteiger partial charge in [-0.2, -0.15) is 0 Å². The molecule has 2 bridgehead atoms. The van der Waals surface area contributed by atoms with E-state index in [4.69, 9.17) is 4.74 Å². The van der Waals surface area contributed by atoms with E-state index in [9.17, 15) is 19.2 Å². The monoisotopic (exact) mass is 474 g/mol. The number of anilines is 1. The van der Waals surface area contributed by atoms with E-state index >= 15 is 0 Å². The number of carbonyl (C=O) groups excluding carboxylic acids is 4. The minimum absolute atomic E-state index is 0.199. The van der Waals surface area contributed by atoms with Gasteiger partial charge in [0, 0.05) is 12.1 Å². The predicted octanol–water partition coefficient (Wildman–Crippen LogP) is 3.83. The van der Waals surface area contributed by atoms with E-state index in [1.807, 2.05) is 30.3 Å². The molecule has 0 radical (unpaired) electrons. The van der Waals surface area contributed by atoms with Crippen LogP contribution in [0.25, 0.3) is 0 Å². The molecule has 0 unspecified atom stereocenters. The molecular weight excluding hydrogens is 444 g/mol. The van der Waals surface area contributed by atoms with Gasteiger partial charge in [0.05, 0.1) is 23.5 Å². The molecule has 2 aromatic carbocycles. The molecule has 3 amide bonds. The van der Waals surface area contributed by atoms with E-state index in [0.717, 1.165) is 24.8 Å². The van der Waals surface area contributed by atoms with E-state index < -0.39 is 17.9 Å². The van der Waals surface area contributed by atoms with Crippen molar-refractivity contribution in [3.8, 4) is 0 Å². The maximum Gasteiger partial charge on any atom is 0.338 e. The Morgan fingerprint density at radius 3 is 2.11 bits per heavy atom. The first-order chi connectivity index (χ1) is 16.8. The molecule has 2 aliphatic carbocycles. The number of hydrogen-bond donors (Lipinski definition) is 1. The van der Waals surface area contributed by atoms with Crippen molar-refractivity contribution in [1.82, 2.24) is 4.90 Å². The van der Waals surface area contributed by atoms with Crippen molar-refractivity contribution in [1.29, 1.82) is 0 Å². The maximum absolute atomic E-state index is 13.5. The second kappa shape index (κ2) is 9.29. The number of fused-ring (bicyclic) bond motifs is 5. The summed E-state index contributed by atoms with van der Waals surface area (Å²) in [5, 5.41) is 2.85. The zero-order valence-corrected chi connectivity index (χ0v) is 20.0. The second-order valence-corrected chi connectivity index (χ2v) is 10.2. The van der Waals surface area contributed by atoms with Gasteiger partial charge < -0.3 is 10.1 Å². The summed E-state index contributed by atoms with van der Waals surface area (Å²) in [6, 6.07) is 14.9. The summed E-state index contributed by atoms with van der Waals surface area (Å²) in [7, 11) is 0. The van der Waals surface area contributed by atoms with Gasteiger partial charge in [-0.1, -0.05) is 30.3 Å². The van der Waals surface area contributed by atoms with Crippen LogP contribution in [-0.2, 0) is 25.5 Å². The van der Waals surface area contributed by atoms with E-state index in [1.165, 1.54) is 4.90 Å². The maximum atomic E-state index is 13.5. The molecule has 5 rings (SSSR count). The van der Waals surface area contributed by atoms with Crippen molar-refractivity contribution >= 4 is 29.4 Å². The van der Waals surface area contributed by atoms with Gasteiger partial charge in [-0.25, -0.2) is 4.79 Å². The average Bonchev–Trinajstić information content (AvgIpc) is 3.52. The number of esters is 1. The van der Waals surface area contributed by atoms with Crippen LogP contribution in [0.3, 0.4) is 0 Å². The zero-order valence-electron chi connectivity index (χ0n) is 20.0. The van der Waals surface area contributed by atoms with E-state index in [1.54, 1.807) is 38.1 Å². The second-order valence-electron chi connectivity index (χ2n) is 10.2. The van der Waals surface area contributed by atoms with Crippen molar-refractivity contribution in [3.05, 3.63) is 65.7 Å². The standard InChI is InChI=1S/C28H30N2O5/c1-16(2)35-28(34)18-10-12-21(13-11-18)29-25(31)22(14-17-6-4-3-5-7-17)30-26(32)23-19-8-9-20(15-19)24(23)27(30)33/h3-7,10-13,16,19-20,22-24H,8-9,14-15H2,1-2H3,(H,29,31)/t19-,20-,22-,23+,24+/m0/s1. The molecule has 7 nitrogen and oxygen atoms in total. The van der Waals surface area contributed by atoms with E-state index in [2.05, 4.69) is 5.32 Å². The van der Waals surface area contributed by atoms with Crippen molar-refractivity contribution in [2.75, 3.05) is 5.32 Å². The van der Waals surface area contributed by atoms with Crippen LogP contribution < -0.4 is 5.32 Å². The summed E-state index contributed by atoms with van der Waals surface area (Å²) >= 11 is 0. The summed E-state index contributed by atoms with van der Waals surface area (Å²) in [6.45, 7) is 3.56. The highest BCUT2D eigenvalue weighted by molar-refractivity contribution is 6.10. The largest absolute Gasteiger partial charge is 0.459 e. The summed E-state index contributed by atoms with van der Waals surface area (Å²) in [6.07, 6.45) is 2.94. The topological polar surface area (TPSA) is 92.8 Å². The Morgan fingerprint density at radius 1 is 0.943 bits per heavy atom. The van der Waals surface area contributed by atoms with Gasteiger partial charge >= 0.3 is 5.97 Å². The lowest BCUT2D eigenvalue weighted by molar-refractivity contribution is -0.147. The molecule has 35 heavy (non-hydrogen) atoms. The minimum Gasteiger partial charge on any atom is -0.459 e. The molecule has 1 saturated heterocycles. The number of nitrogens with zero attached hydrogens (tertiary/aromatic N) is 1. The van der Waals surface area contributed by atoms with Gasteiger partial charge in [-0.3, -0.25) is 19.3 Å². The quantitative estimate of drug-likeness (QED) is 0.486. The minimum atomic E-state index is -0.937. The number of imide groups is 1. The van der Waals surface area contributed by atoms with E-state index in [-0.39, 0.29) is 48.0 Å². The molecular formula is C28H30N2O5. The Hall–Kier alpha value is -3.48. The fourth-order valence-electron chi connectivity index (χ4n) is 6.07.